The molecule has 2 aromatic heterocycles. The Bertz CT molecular complexity index is 442. The van der Waals surface area contributed by atoms with E-state index in [0.717, 1.165) is 0 Å². The Kier molecular flexibility index (Phi) is 2.43. The van der Waals surface area contributed by atoms with Gasteiger partial charge in [-0.25, -0.2) is 4.98 Å². The molecule has 2 aromatic rings. The van der Waals surface area contributed by atoms with E-state index < -0.39 is 0 Å². The first kappa shape index (κ1) is 9.11. The number of aliphatic hydroxyl groups excluding tert-OH is 1. The molecule has 0 aliphatic heterocycles. The number of aromatic nitrogens is 4. The Balaban J connectivity index is 2.44. The third-order valence-corrected chi connectivity index (χ3v) is 1.96. The van der Waals surface area contributed by atoms with Gasteiger partial charge in [-0.05, 0) is 12.1 Å². The molecule has 0 aliphatic rings. The zero-order valence-electron chi connectivity index (χ0n) is 7.11. The van der Waals surface area contributed by atoms with Crippen LogP contribution in [-0.4, -0.2) is 25.3 Å². The first-order chi connectivity index (χ1) is 6.81. The summed E-state index contributed by atoms with van der Waals surface area (Å²) in [6.45, 7) is -0.183. The van der Waals surface area contributed by atoms with Crippen molar-refractivity contribution < 1.29 is 5.11 Å². The van der Waals surface area contributed by atoms with E-state index in [-0.39, 0.29) is 6.61 Å². The molecule has 0 radical (unpaired) electrons. The van der Waals surface area contributed by atoms with Crippen LogP contribution in [0.4, 0.5) is 0 Å². The predicted octanol–water partition coefficient (Wildman–Crippen LogP) is 1.01. The molecular weight excluding hydrogens is 204 g/mol. The van der Waals surface area contributed by atoms with Crippen molar-refractivity contribution in [1.29, 1.82) is 0 Å². The van der Waals surface area contributed by atoms with Crippen LogP contribution >= 0.6 is 11.6 Å². The van der Waals surface area contributed by atoms with Crippen molar-refractivity contribution in [2.45, 2.75) is 6.61 Å². The van der Waals surface area contributed by atoms with Crippen LogP contribution in [0.5, 0.6) is 0 Å². The molecule has 6 heteroatoms. The molecule has 2 N–H and O–H groups in total. The average Bonchev–Trinajstić information content (AvgIpc) is 2.67. The van der Waals surface area contributed by atoms with E-state index in [1.54, 1.807) is 18.3 Å². The van der Waals surface area contributed by atoms with Crippen LogP contribution < -0.4 is 0 Å². The zero-order chi connectivity index (χ0) is 9.97. The lowest BCUT2D eigenvalue weighted by Gasteiger charge is -1.95. The van der Waals surface area contributed by atoms with Crippen LogP contribution in [-0.2, 0) is 6.61 Å². The molecule has 0 atom stereocenters. The van der Waals surface area contributed by atoms with Gasteiger partial charge in [0.15, 0.2) is 5.82 Å². The van der Waals surface area contributed by atoms with Gasteiger partial charge in [-0.2, -0.15) is 5.10 Å². The summed E-state index contributed by atoms with van der Waals surface area (Å²) in [5.74, 6) is 0.779. The van der Waals surface area contributed by atoms with E-state index in [1.807, 2.05) is 0 Å². The SMILES string of the molecule is OCc1nc(-c2ncccc2Cl)n[nH]1. The Hall–Kier alpha value is -1.46. The minimum absolute atomic E-state index is 0.183. The first-order valence-corrected chi connectivity index (χ1v) is 4.32. The van der Waals surface area contributed by atoms with Gasteiger partial charge in [0.2, 0.25) is 5.82 Å². The number of aliphatic hydroxyl groups is 1. The predicted molar refractivity (Wildman–Crippen MR) is 50.5 cm³/mol. The summed E-state index contributed by atoms with van der Waals surface area (Å²) < 4.78 is 0. The monoisotopic (exact) mass is 210 g/mol. The maximum atomic E-state index is 8.78. The van der Waals surface area contributed by atoms with Crippen molar-refractivity contribution in [2.24, 2.45) is 0 Å². The Morgan fingerprint density at radius 3 is 3.00 bits per heavy atom. The van der Waals surface area contributed by atoms with E-state index in [9.17, 15) is 0 Å². The highest BCUT2D eigenvalue weighted by molar-refractivity contribution is 6.32. The fourth-order valence-corrected chi connectivity index (χ4v) is 1.23. The number of halogens is 1. The summed E-state index contributed by atoms with van der Waals surface area (Å²) in [6, 6.07) is 3.43. The van der Waals surface area contributed by atoms with Gasteiger partial charge >= 0.3 is 0 Å². The van der Waals surface area contributed by atoms with Gasteiger partial charge in [-0.3, -0.25) is 10.1 Å². The minimum Gasteiger partial charge on any atom is -0.388 e. The minimum atomic E-state index is -0.183. The zero-order valence-corrected chi connectivity index (χ0v) is 7.86. The third kappa shape index (κ3) is 1.59. The summed E-state index contributed by atoms with van der Waals surface area (Å²) in [6.07, 6.45) is 1.61. The van der Waals surface area contributed by atoms with Crippen LogP contribution in [0.1, 0.15) is 5.82 Å². The Morgan fingerprint density at radius 2 is 2.36 bits per heavy atom. The smallest absolute Gasteiger partial charge is 0.201 e. The van der Waals surface area contributed by atoms with Crippen LogP contribution in [0.2, 0.25) is 5.02 Å². The summed E-state index contributed by atoms with van der Waals surface area (Å²) >= 11 is 5.89. The van der Waals surface area contributed by atoms with Crippen LogP contribution in [0.15, 0.2) is 18.3 Å². The molecule has 0 aliphatic carbocycles. The lowest BCUT2D eigenvalue weighted by molar-refractivity contribution is 0.272. The van der Waals surface area contributed by atoms with Gasteiger partial charge in [-0.15, -0.1) is 0 Å². The van der Waals surface area contributed by atoms with Gasteiger partial charge < -0.3 is 5.11 Å². The molecule has 0 fully saturated rings. The fraction of sp³-hybridized carbons (Fsp3) is 0.125. The third-order valence-electron chi connectivity index (χ3n) is 1.65. The van der Waals surface area contributed by atoms with E-state index in [0.29, 0.717) is 22.4 Å². The maximum absolute atomic E-state index is 8.78. The van der Waals surface area contributed by atoms with Gasteiger partial charge in [0.1, 0.15) is 12.3 Å². The molecular formula is C8H7ClN4O. The molecule has 0 spiro atoms. The second kappa shape index (κ2) is 3.73. The van der Waals surface area contributed by atoms with Crippen molar-refractivity contribution in [3.8, 4) is 11.5 Å². The highest BCUT2D eigenvalue weighted by atomic mass is 35.5. The number of pyridine rings is 1. The van der Waals surface area contributed by atoms with E-state index in [4.69, 9.17) is 16.7 Å². The molecule has 0 saturated heterocycles. The van der Waals surface area contributed by atoms with Crippen molar-refractivity contribution in [1.82, 2.24) is 20.2 Å². The quantitative estimate of drug-likeness (QED) is 0.776. The number of aromatic amines is 1. The number of hydrogen-bond donors (Lipinski definition) is 2. The maximum Gasteiger partial charge on any atom is 0.201 e. The van der Waals surface area contributed by atoms with Gasteiger partial charge in [0, 0.05) is 6.20 Å². The molecule has 72 valence electrons. The molecule has 0 bridgehead atoms. The van der Waals surface area contributed by atoms with Gasteiger partial charge in [-0.1, -0.05) is 11.6 Å². The van der Waals surface area contributed by atoms with Gasteiger partial charge in [0.05, 0.1) is 5.02 Å². The summed E-state index contributed by atoms with van der Waals surface area (Å²) in [5.41, 5.74) is 0.505. The molecule has 14 heavy (non-hydrogen) atoms. The lowest BCUT2D eigenvalue weighted by Crippen LogP contribution is -1.87. The fourth-order valence-electron chi connectivity index (χ4n) is 1.02. The first-order valence-electron chi connectivity index (χ1n) is 3.94. The van der Waals surface area contributed by atoms with Gasteiger partial charge in [0.25, 0.3) is 0 Å². The number of nitrogens with zero attached hydrogens (tertiary/aromatic N) is 3. The van der Waals surface area contributed by atoms with E-state index >= 15 is 0 Å². The van der Waals surface area contributed by atoms with Crippen LogP contribution in [0.25, 0.3) is 11.5 Å². The second-order valence-corrected chi connectivity index (χ2v) is 3.00. The number of rotatable bonds is 2. The van der Waals surface area contributed by atoms with E-state index in [1.165, 1.54) is 0 Å². The topological polar surface area (TPSA) is 74.7 Å². The number of hydrogen-bond acceptors (Lipinski definition) is 4. The standard InChI is InChI=1S/C8H7ClN4O/c9-5-2-1-3-10-7(5)8-11-6(4-14)12-13-8/h1-3,14H,4H2,(H,11,12,13). The van der Waals surface area contributed by atoms with Crippen molar-refractivity contribution in [3.05, 3.63) is 29.2 Å². The van der Waals surface area contributed by atoms with Crippen LogP contribution in [0, 0.1) is 0 Å². The Labute approximate surface area is 84.8 Å². The molecule has 0 aromatic carbocycles. The molecule has 5 nitrogen and oxygen atoms in total. The highest BCUT2D eigenvalue weighted by Gasteiger charge is 2.09. The van der Waals surface area contributed by atoms with Crippen molar-refractivity contribution in [3.63, 3.8) is 0 Å². The number of nitrogens with one attached hydrogen (secondary N) is 1. The van der Waals surface area contributed by atoms with Crippen molar-refractivity contribution >= 4 is 11.6 Å². The summed E-state index contributed by atoms with van der Waals surface area (Å²) in [4.78, 5) is 8.03. The largest absolute Gasteiger partial charge is 0.388 e. The average molecular weight is 211 g/mol. The molecule has 2 heterocycles. The normalized spacial score (nSPS) is 10.4. The summed E-state index contributed by atoms with van der Waals surface area (Å²) in [7, 11) is 0. The molecule has 0 unspecified atom stereocenters. The molecule has 2 rings (SSSR count). The number of H-pyrrole nitrogens is 1. The Morgan fingerprint density at radius 1 is 1.50 bits per heavy atom. The lowest BCUT2D eigenvalue weighted by atomic mass is 10.3. The van der Waals surface area contributed by atoms with Crippen molar-refractivity contribution in [2.75, 3.05) is 0 Å². The van der Waals surface area contributed by atoms with E-state index in [2.05, 4.69) is 20.2 Å². The van der Waals surface area contributed by atoms with Crippen LogP contribution in [0.3, 0.4) is 0 Å². The molecule has 0 amide bonds. The second-order valence-electron chi connectivity index (χ2n) is 2.60. The molecule has 0 saturated carbocycles. The highest BCUT2D eigenvalue weighted by Crippen LogP contribution is 2.21. The summed E-state index contributed by atoms with van der Waals surface area (Å²) in [5, 5.41) is 15.7.